The van der Waals surface area contributed by atoms with Crippen LogP contribution < -0.4 is 0 Å². The van der Waals surface area contributed by atoms with Gasteiger partial charge in [0.05, 0.1) is 23.2 Å². The highest BCUT2D eigenvalue weighted by atomic mass is 16.5. The normalized spacial score (nSPS) is 20.7. The Morgan fingerprint density at radius 3 is 1.22 bits per heavy atom. The van der Waals surface area contributed by atoms with Crippen LogP contribution in [0.1, 0.15) is 174 Å². The number of likely N-dealkylation sites (N-methyl/N-ethyl adjacent to an activating group) is 2. The molecule has 0 aromatic heterocycles. The molecule has 2 aliphatic carbocycles. The summed E-state index contributed by atoms with van der Waals surface area (Å²) in [6.45, 7) is 8.39. The SMILES string of the molecule is CCCCCC1CCC(C(=O)N(C)[C@@H](C)[C@H](OC(=O)c2ccc3cc(C(=O)O[C@H](c4ccccc4)[C@H](C)N(C)C(=O)C4CCC(CCCCC)CC4)ccc3c2)c2ccccc2)CC1. The van der Waals surface area contributed by atoms with Crippen LogP contribution in [0.5, 0.6) is 0 Å². The fourth-order valence-corrected chi connectivity index (χ4v) is 10.2. The van der Waals surface area contributed by atoms with Crippen LogP contribution in [0.15, 0.2) is 97.1 Å². The summed E-state index contributed by atoms with van der Waals surface area (Å²) in [5.74, 6) is 0.660. The molecule has 344 valence electrons. The zero-order chi connectivity index (χ0) is 45.6. The zero-order valence-corrected chi connectivity index (χ0v) is 39.5. The smallest absolute Gasteiger partial charge is 0.338 e. The molecule has 0 bridgehead atoms. The van der Waals surface area contributed by atoms with Gasteiger partial charge in [-0.15, -0.1) is 0 Å². The Morgan fingerprint density at radius 1 is 0.516 bits per heavy atom. The Labute approximate surface area is 383 Å². The van der Waals surface area contributed by atoms with Gasteiger partial charge in [0, 0.05) is 25.9 Å². The lowest BCUT2D eigenvalue weighted by atomic mass is 9.79. The van der Waals surface area contributed by atoms with E-state index in [1.807, 2.05) is 101 Å². The molecule has 64 heavy (non-hydrogen) atoms. The highest BCUT2D eigenvalue weighted by molar-refractivity contribution is 5.99. The van der Waals surface area contributed by atoms with Crippen molar-refractivity contribution >= 4 is 34.5 Å². The van der Waals surface area contributed by atoms with Crippen molar-refractivity contribution in [2.75, 3.05) is 14.1 Å². The van der Waals surface area contributed by atoms with E-state index in [2.05, 4.69) is 13.8 Å². The standard InChI is InChI=1S/C56H74N2O6/c1-7-9-13-19-41-25-29-45(30-26-41)53(59)57(5)39(3)51(43-21-15-11-16-22-43)63-55(61)49-35-33-48-38-50(36-34-47(48)37-49)56(62)64-52(44-23-17-12-18-24-44)40(4)58(6)54(60)46-31-27-42(28-32-46)20-14-10-8-2/h11-12,15-18,21-24,33-42,45-46,51-52H,7-10,13-14,19-20,25-32H2,1-6H3/t39-,40-,41?,42?,45?,46?,51-,52-/m0/s1. The summed E-state index contributed by atoms with van der Waals surface area (Å²) in [5.41, 5.74) is 2.40. The molecule has 0 unspecified atom stereocenters. The molecule has 0 spiro atoms. The Morgan fingerprint density at radius 2 is 0.875 bits per heavy atom. The van der Waals surface area contributed by atoms with Crippen LogP contribution in [0.2, 0.25) is 0 Å². The van der Waals surface area contributed by atoms with Crippen molar-refractivity contribution in [2.45, 2.75) is 155 Å². The third-order valence-electron chi connectivity index (χ3n) is 14.7. The molecule has 8 heteroatoms. The number of ether oxygens (including phenoxy) is 2. The number of fused-ring (bicyclic) bond motifs is 1. The molecule has 2 aliphatic rings. The molecule has 2 saturated carbocycles. The molecule has 0 aliphatic heterocycles. The first kappa shape index (κ1) is 48.5. The maximum absolute atomic E-state index is 13.9. The van der Waals surface area contributed by atoms with Crippen molar-refractivity contribution in [2.24, 2.45) is 23.7 Å². The van der Waals surface area contributed by atoms with Crippen LogP contribution >= 0.6 is 0 Å². The molecule has 6 rings (SSSR count). The summed E-state index contributed by atoms with van der Waals surface area (Å²) >= 11 is 0. The van der Waals surface area contributed by atoms with Crippen LogP contribution in [0, 0.1) is 23.7 Å². The lowest BCUT2D eigenvalue weighted by Gasteiger charge is -2.36. The number of benzene rings is 4. The average molecular weight is 871 g/mol. The summed E-state index contributed by atoms with van der Waals surface area (Å²) in [6.07, 6.45) is 16.7. The van der Waals surface area contributed by atoms with Gasteiger partial charge in [-0.05, 0) is 123 Å². The van der Waals surface area contributed by atoms with Gasteiger partial charge >= 0.3 is 11.9 Å². The Kier molecular flexibility index (Phi) is 18.0. The van der Waals surface area contributed by atoms with E-state index in [0.29, 0.717) is 23.0 Å². The van der Waals surface area contributed by atoms with Crippen molar-refractivity contribution in [3.63, 3.8) is 0 Å². The number of esters is 2. The molecule has 0 N–H and O–H groups in total. The van der Waals surface area contributed by atoms with Gasteiger partial charge in [0.15, 0.2) is 0 Å². The van der Waals surface area contributed by atoms with E-state index in [0.717, 1.165) is 73.3 Å². The maximum atomic E-state index is 13.9. The molecule has 4 atom stereocenters. The Hall–Kier alpha value is -4.98. The highest BCUT2D eigenvalue weighted by Gasteiger charge is 2.36. The molecular weight excluding hydrogens is 797 g/mol. The lowest BCUT2D eigenvalue weighted by molar-refractivity contribution is -0.140. The van der Waals surface area contributed by atoms with Gasteiger partial charge in [-0.3, -0.25) is 9.59 Å². The molecule has 0 saturated heterocycles. The summed E-state index contributed by atoms with van der Waals surface area (Å²) in [5, 5.41) is 1.54. The molecular formula is C56H74N2O6. The largest absolute Gasteiger partial charge is 0.452 e. The van der Waals surface area contributed by atoms with Crippen LogP contribution in [0.25, 0.3) is 10.8 Å². The first-order valence-electron chi connectivity index (χ1n) is 24.6. The van der Waals surface area contributed by atoms with E-state index >= 15 is 0 Å². The minimum Gasteiger partial charge on any atom is -0.452 e. The third-order valence-corrected chi connectivity index (χ3v) is 14.7. The van der Waals surface area contributed by atoms with Gasteiger partial charge in [0.1, 0.15) is 12.2 Å². The number of rotatable bonds is 20. The molecule has 2 amide bonds. The molecule has 4 aromatic rings. The molecule has 4 aromatic carbocycles. The summed E-state index contributed by atoms with van der Waals surface area (Å²) in [4.78, 5) is 59.2. The van der Waals surface area contributed by atoms with E-state index in [-0.39, 0.29) is 23.7 Å². The van der Waals surface area contributed by atoms with Gasteiger partial charge in [0.2, 0.25) is 11.8 Å². The number of amides is 2. The Bertz CT molecular complexity index is 1950. The quantitative estimate of drug-likeness (QED) is 0.0649. The lowest BCUT2D eigenvalue weighted by Crippen LogP contribution is -2.44. The van der Waals surface area contributed by atoms with Crippen LogP contribution in [0.3, 0.4) is 0 Å². The van der Waals surface area contributed by atoms with Crippen molar-refractivity contribution in [1.29, 1.82) is 0 Å². The highest BCUT2D eigenvalue weighted by Crippen LogP contribution is 2.37. The average Bonchev–Trinajstić information content (AvgIpc) is 3.34. The van der Waals surface area contributed by atoms with Crippen LogP contribution in [-0.4, -0.2) is 59.7 Å². The van der Waals surface area contributed by atoms with Crippen molar-refractivity contribution in [1.82, 2.24) is 9.80 Å². The summed E-state index contributed by atoms with van der Waals surface area (Å²) < 4.78 is 12.6. The number of carbonyl (C=O) groups is 4. The van der Waals surface area contributed by atoms with Gasteiger partial charge < -0.3 is 19.3 Å². The Balaban J connectivity index is 1.11. The van der Waals surface area contributed by atoms with E-state index in [9.17, 15) is 19.2 Å². The van der Waals surface area contributed by atoms with Crippen LogP contribution in [-0.2, 0) is 19.1 Å². The van der Waals surface area contributed by atoms with Gasteiger partial charge in [0.25, 0.3) is 0 Å². The minimum absolute atomic E-state index is 0.0117. The second-order valence-corrected chi connectivity index (χ2v) is 19.1. The van der Waals surface area contributed by atoms with E-state index in [1.165, 1.54) is 51.4 Å². The van der Waals surface area contributed by atoms with E-state index in [1.54, 1.807) is 34.1 Å². The minimum atomic E-state index is -0.675. The van der Waals surface area contributed by atoms with Gasteiger partial charge in [-0.1, -0.05) is 138 Å². The topological polar surface area (TPSA) is 93.2 Å². The molecule has 2 fully saturated rings. The van der Waals surface area contributed by atoms with E-state index in [4.69, 9.17) is 9.47 Å². The van der Waals surface area contributed by atoms with Crippen molar-refractivity contribution in [3.8, 4) is 0 Å². The maximum Gasteiger partial charge on any atom is 0.338 e. The van der Waals surface area contributed by atoms with E-state index < -0.39 is 36.2 Å². The third kappa shape index (κ3) is 12.6. The fourth-order valence-electron chi connectivity index (χ4n) is 10.2. The second kappa shape index (κ2) is 23.8. The number of unbranched alkanes of at least 4 members (excludes halogenated alkanes) is 4. The van der Waals surface area contributed by atoms with Gasteiger partial charge in [-0.25, -0.2) is 9.59 Å². The van der Waals surface area contributed by atoms with Crippen molar-refractivity contribution < 1.29 is 28.7 Å². The number of hydrogen-bond acceptors (Lipinski definition) is 6. The molecule has 8 nitrogen and oxygen atoms in total. The second-order valence-electron chi connectivity index (χ2n) is 19.1. The fraction of sp³-hybridized carbons (Fsp3) is 0.536. The van der Waals surface area contributed by atoms with Crippen molar-refractivity contribution in [3.05, 3.63) is 119 Å². The molecule has 0 radical (unpaired) electrons. The predicted molar refractivity (Wildman–Crippen MR) is 257 cm³/mol. The summed E-state index contributed by atoms with van der Waals surface area (Å²) in [6, 6.07) is 29.1. The monoisotopic (exact) mass is 871 g/mol. The number of nitrogens with zero attached hydrogens (tertiary/aromatic N) is 2. The van der Waals surface area contributed by atoms with Crippen LogP contribution in [0.4, 0.5) is 0 Å². The first-order valence-corrected chi connectivity index (χ1v) is 24.6. The molecule has 0 heterocycles. The zero-order valence-electron chi connectivity index (χ0n) is 39.5. The number of hydrogen-bond donors (Lipinski definition) is 0. The predicted octanol–water partition coefficient (Wildman–Crippen LogP) is 13.1. The van der Waals surface area contributed by atoms with Gasteiger partial charge in [-0.2, -0.15) is 0 Å². The first-order chi connectivity index (χ1) is 31.0. The number of carbonyl (C=O) groups excluding carboxylic acids is 4. The summed E-state index contributed by atoms with van der Waals surface area (Å²) in [7, 11) is 3.68.